The Morgan fingerprint density at radius 2 is 1.83 bits per heavy atom. The largest absolute Gasteiger partial charge is 0.748 e. The van der Waals surface area contributed by atoms with Crippen LogP contribution in [0.1, 0.15) is 56.3 Å². The van der Waals surface area contributed by atoms with Crippen LogP contribution in [-0.2, 0) is 33.9 Å². The molecule has 0 spiro atoms. The van der Waals surface area contributed by atoms with Gasteiger partial charge >= 0.3 is 24.3 Å². The van der Waals surface area contributed by atoms with Gasteiger partial charge in [-0.25, -0.2) is 13.2 Å². The van der Waals surface area contributed by atoms with Crippen LogP contribution < -0.4 is 9.47 Å². The highest BCUT2D eigenvalue weighted by Crippen LogP contribution is 2.59. The van der Waals surface area contributed by atoms with Gasteiger partial charge in [0.25, 0.3) is 0 Å². The van der Waals surface area contributed by atoms with Crippen molar-refractivity contribution in [2.45, 2.75) is 70.1 Å². The third-order valence-corrected chi connectivity index (χ3v) is 9.53. The van der Waals surface area contributed by atoms with Gasteiger partial charge in [-0.3, -0.25) is 9.59 Å². The molecule has 1 aromatic rings. The summed E-state index contributed by atoms with van der Waals surface area (Å²) in [6.07, 6.45) is -3.71. The zero-order valence-corrected chi connectivity index (χ0v) is 23.6. The quantitative estimate of drug-likeness (QED) is 0.215. The third kappa shape index (κ3) is 5.90. The van der Waals surface area contributed by atoms with Crippen LogP contribution >= 0.6 is 0 Å². The van der Waals surface area contributed by atoms with Crippen LogP contribution in [0.3, 0.4) is 0 Å². The lowest BCUT2D eigenvalue weighted by molar-refractivity contribution is -0.275. The number of benzene rings is 1. The minimum Gasteiger partial charge on any atom is -0.748 e. The topological polar surface area (TPSA) is 155 Å². The van der Waals surface area contributed by atoms with E-state index >= 15 is 0 Å². The van der Waals surface area contributed by atoms with Gasteiger partial charge in [0, 0.05) is 11.8 Å². The summed E-state index contributed by atoms with van der Waals surface area (Å²) in [5, 5.41) is 0. The molecule has 1 aromatic carbocycles. The molecule has 4 fully saturated rings. The molecular weight excluding hydrogens is 589 g/mol. The van der Waals surface area contributed by atoms with Gasteiger partial charge in [-0.2, -0.15) is 0 Å². The second kappa shape index (κ2) is 10.9. The number of carbonyl (C=O) groups is 3. The Bertz CT molecular complexity index is 1350. The van der Waals surface area contributed by atoms with E-state index in [1.165, 1.54) is 0 Å². The summed E-state index contributed by atoms with van der Waals surface area (Å²) in [7, 11) is -4.64. The number of esters is 3. The van der Waals surface area contributed by atoms with Crippen LogP contribution in [0.2, 0.25) is 0 Å². The van der Waals surface area contributed by atoms with E-state index in [0.717, 1.165) is 31.0 Å². The van der Waals surface area contributed by atoms with E-state index < -0.39 is 94.0 Å². The van der Waals surface area contributed by atoms with E-state index in [2.05, 4.69) is 4.74 Å². The molecule has 2 bridgehead atoms. The van der Waals surface area contributed by atoms with Crippen LogP contribution in [0.4, 0.5) is 13.2 Å². The summed E-state index contributed by atoms with van der Waals surface area (Å²) in [6, 6.07) is 3.19. The first-order valence-electron chi connectivity index (χ1n) is 13.7. The molecule has 0 radical (unpaired) electrons. The van der Waals surface area contributed by atoms with Gasteiger partial charge in [-0.05, 0) is 56.2 Å². The molecule has 1 aliphatic heterocycles. The second-order valence-corrected chi connectivity index (χ2v) is 13.1. The van der Waals surface area contributed by atoms with Gasteiger partial charge in [0.1, 0.15) is 24.4 Å². The maximum absolute atomic E-state index is 13.3. The lowest BCUT2D eigenvalue weighted by Crippen LogP contribution is -2.44. The average Bonchev–Trinajstić information content (AvgIpc) is 3.62. The van der Waals surface area contributed by atoms with E-state index in [-0.39, 0.29) is 17.2 Å². The van der Waals surface area contributed by atoms with E-state index in [0.29, 0.717) is 19.3 Å². The van der Waals surface area contributed by atoms with Crippen LogP contribution in [-0.4, -0.2) is 67.4 Å². The first kappa shape index (κ1) is 30.4. The number of hydrogen-bond donors (Lipinski definition) is 0. The highest BCUT2D eigenvalue weighted by Gasteiger charge is 2.70. The standard InChI is InChI=1S/C27H31F3O11S/c1-13(2)26(7-3-4-8-26)40-18-11-14(5-6-17(18)41-27(28,29)30)23(31)38-21-15-12-16-20(25(33)39-22(16)21)19(15)24(32)37-9-10-42(34,35)36/h5-6,11,13,15-16,19-22H,3-4,7-10,12H2,1-2H3,(H,34,35,36)/p-1. The Morgan fingerprint density at radius 3 is 2.45 bits per heavy atom. The molecule has 0 N–H and O–H groups in total. The van der Waals surface area contributed by atoms with E-state index in [1.807, 2.05) is 13.8 Å². The second-order valence-electron chi connectivity index (χ2n) is 11.6. The van der Waals surface area contributed by atoms with Crippen LogP contribution in [0.5, 0.6) is 11.5 Å². The number of alkyl halides is 3. The molecule has 15 heteroatoms. The number of rotatable bonds is 10. The number of fused-ring (bicyclic) bond motifs is 1. The molecule has 3 saturated carbocycles. The van der Waals surface area contributed by atoms with Crippen molar-refractivity contribution in [2.24, 2.45) is 29.6 Å². The number of halogens is 3. The Kier molecular flexibility index (Phi) is 7.88. The average molecular weight is 620 g/mol. The molecule has 1 saturated heterocycles. The first-order valence-corrected chi connectivity index (χ1v) is 15.3. The van der Waals surface area contributed by atoms with Gasteiger partial charge in [-0.15, -0.1) is 13.2 Å². The van der Waals surface area contributed by atoms with Crippen molar-refractivity contribution in [3.63, 3.8) is 0 Å². The monoisotopic (exact) mass is 619 g/mol. The number of ether oxygens (including phenoxy) is 5. The van der Waals surface area contributed by atoms with E-state index in [9.17, 15) is 40.5 Å². The van der Waals surface area contributed by atoms with Crippen molar-refractivity contribution in [3.05, 3.63) is 23.8 Å². The van der Waals surface area contributed by atoms with Gasteiger partial charge in [0.15, 0.2) is 11.5 Å². The third-order valence-electron chi connectivity index (χ3n) is 8.86. The lowest BCUT2D eigenvalue weighted by Gasteiger charge is -2.35. The summed E-state index contributed by atoms with van der Waals surface area (Å²) in [6.45, 7) is 3.11. The zero-order chi connectivity index (χ0) is 30.6. The van der Waals surface area contributed by atoms with Gasteiger partial charge in [0.2, 0.25) is 0 Å². The fraction of sp³-hybridized carbons (Fsp3) is 0.667. The fourth-order valence-corrected chi connectivity index (χ4v) is 7.20. The number of carbonyl (C=O) groups excluding carboxylic acids is 3. The van der Waals surface area contributed by atoms with Gasteiger partial charge in [-0.1, -0.05) is 13.8 Å². The lowest BCUT2D eigenvalue weighted by atomic mass is 9.78. The van der Waals surface area contributed by atoms with Crippen LogP contribution in [0.15, 0.2) is 18.2 Å². The molecule has 11 nitrogen and oxygen atoms in total. The predicted octanol–water partition coefficient (Wildman–Crippen LogP) is 3.35. The Balaban J connectivity index is 1.36. The summed E-state index contributed by atoms with van der Waals surface area (Å²) >= 11 is 0. The molecule has 0 aromatic heterocycles. The van der Waals surface area contributed by atoms with Crippen molar-refractivity contribution in [1.82, 2.24) is 0 Å². The van der Waals surface area contributed by atoms with E-state index in [4.69, 9.17) is 18.9 Å². The highest BCUT2D eigenvalue weighted by molar-refractivity contribution is 7.85. The molecule has 1 heterocycles. The summed E-state index contributed by atoms with van der Waals surface area (Å²) in [5.41, 5.74) is -0.886. The van der Waals surface area contributed by atoms with Crippen molar-refractivity contribution in [1.29, 1.82) is 0 Å². The molecule has 6 atom stereocenters. The molecule has 6 unspecified atom stereocenters. The first-order chi connectivity index (χ1) is 19.6. The van der Waals surface area contributed by atoms with Crippen molar-refractivity contribution >= 4 is 28.0 Å². The molecular formula is C27H30F3O11S-. The van der Waals surface area contributed by atoms with Crippen molar-refractivity contribution < 1.29 is 64.2 Å². The molecule has 42 heavy (non-hydrogen) atoms. The van der Waals surface area contributed by atoms with Crippen LogP contribution in [0, 0.1) is 29.6 Å². The normalized spacial score (nSPS) is 29.5. The Labute approximate surface area is 239 Å². The predicted molar refractivity (Wildman–Crippen MR) is 133 cm³/mol. The maximum atomic E-state index is 13.3. The number of hydrogen-bond acceptors (Lipinski definition) is 11. The summed E-state index contributed by atoms with van der Waals surface area (Å²) < 4.78 is 98.5. The molecule has 232 valence electrons. The highest BCUT2D eigenvalue weighted by atomic mass is 32.2. The maximum Gasteiger partial charge on any atom is 0.573 e. The molecule has 3 aliphatic carbocycles. The van der Waals surface area contributed by atoms with E-state index in [1.54, 1.807) is 0 Å². The summed E-state index contributed by atoms with van der Waals surface area (Å²) in [4.78, 5) is 38.7. The van der Waals surface area contributed by atoms with Crippen molar-refractivity contribution in [2.75, 3.05) is 12.4 Å². The van der Waals surface area contributed by atoms with Gasteiger partial charge in [0.05, 0.1) is 33.3 Å². The van der Waals surface area contributed by atoms with Crippen molar-refractivity contribution in [3.8, 4) is 11.5 Å². The Morgan fingerprint density at radius 1 is 1.14 bits per heavy atom. The molecule has 0 amide bonds. The minimum atomic E-state index is -5.01. The molecule has 5 rings (SSSR count). The van der Waals surface area contributed by atoms with Gasteiger partial charge < -0.3 is 28.2 Å². The summed E-state index contributed by atoms with van der Waals surface area (Å²) in [5.74, 6) is -7.46. The smallest absolute Gasteiger partial charge is 0.573 e. The Hall–Kier alpha value is -3.07. The zero-order valence-electron chi connectivity index (χ0n) is 22.8. The SMILES string of the molecule is CC(C)C1(Oc2cc(C(=O)OC3C4CC5C3OC(=O)C5C4C(=O)OCCS(=O)(=O)[O-])ccc2OC(F)(F)F)CCCC1. The van der Waals surface area contributed by atoms with Crippen LogP contribution in [0.25, 0.3) is 0 Å². The minimum absolute atomic E-state index is 0.0428. The fourth-order valence-electron chi connectivity index (χ4n) is 6.91. The molecule has 4 aliphatic rings.